The van der Waals surface area contributed by atoms with Crippen LogP contribution in [0, 0.1) is 12.3 Å². The first-order valence-corrected chi connectivity index (χ1v) is 4.50. The number of terminal acetylenes is 1. The maximum absolute atomic E-state index is 10.5. The summed E-state index contributed by atoms with van der Waals surface area (Å²) in [6, 6.07) is 1.49. The molecule has 13 heavy (non-hydrogen) atoms. The Hall–Kier alpha value is -1.47. The van der Waals surface area contributed by atoms with Crippen LogP contribution in [0.15, 0.2) is 11.4 Å². The van der Waals surface area contributed by atoms with Crippen molar-refractivity contribution >= 4 is 17.3 Å². The molecule has 0 saturated carbocycles. The van der Waals surface area contributed by atoms with Gasteiger partial charge in [0.15, 0.2) is 0 Å². The first kappa shape index (κ1) is 9.62. The Morgan fingerprint density at radius 1 is 1.77 bits per heavy atom. The van der Waals surface area contributed by atoms with Gasteiger partial charge in [0.2, 0.25) is 0 Å². The monoisotopic (exact) mass is 196 g/mol. The maximum Gasteiger partial charge on any atom is 0.346 e. The number of carbonyl (C=O) groups is 1. The van der Waals surface area contributed by atoms with Gasteiger partial charge in [-0.25, -0.2) is 4.79 Å². The van der Waals surface area contributed by atoms with E-state index in [1.165, 1.54) is 6.07 Å². The first-order valence-electron chi connectivity index (χ1n) is 3.62. The molecule has 0 unspecified atom stereocenters. The van der Waals surface area contributed by atoms with Crippen molar-refractivity contribution in [2.24, 2.45) is 0 Å². The van der Waals surface area contributed by atoms with E-state index in [0.717, 1.165) is 11.3 Å². The molecule has 0 radical (unpaired) electrons. The molecule has 0 fully saturated rings. The van der Waals surface area contributed by atoms with E-state index in [-0.39, 0.29) is 4.88 Å². The Labute approximate surface area is 80.0 Å². The van der Waals surface area contributed by atoms with Gasteiger partial charge in [-0.3, -0.25) is 0 Å². The Kier molecular flexibility index (Phi) is 3.35. The normalized spacial score (nSPS) is 9.15. The fourth-order valence-electron chi connectivity index (χ4n) is 0.734. The van der Waals surface area contributed by atoms with Crippen LogP contribution < -0.4 is 4.74 Å². The van der Waals surface area contributed by atoms with Crippen LogP contribution in [0.25, 0.3) is 0 Å². The molecule has 68 valence electrons. The quantitative estimate of drug-likeness (QED) is 0.590. The van der Waals surface area contributed by atoms with Gasteiger partial charge in [0, 0.05) is 17.9 Å². The van der Waals surface area contributed by atoms with Crippen molar-refractivity contribution in [2.75, 3.05) is 6.61 Å². The molecule has 1 heterocycles. The summed E-state index contributed by atoms with van der Waals surface area (Å²) in [5, 5.41) is 10.2. The van der Waals surface area contributed by atoms with E-state index in [9.17, 15) is 4.79 Å². The molecule has 0 aliphatic heterocycles. The minimum Gasteiger partial charge on any atom is -0.492 e. The number of ether oxygens (including phenoxy) is 1. The van der Waals surface area contributed by atoms with Crippen molar-refractivity contribution in [1.82, 2.24) is 0 Å². The summed E-state index contributed by atoms with van der Waals surface area (Å²) >= 11 is 1.14. The lowest BCUT2D eigenvalue weighted by atomic mass is 10.4. The second-order valence-corrected chi connectivity index (χ2v) is 3.17. The fourth-order valence-corrected chi connectivity index (χ4v) is 1.40. The van der Waals surface area contributed by atoms with Crippen LogP contribution in [0.5, 0.6) is 5.75 Å². The zero-order chi connectivity index (χ0) is 9.68. The third-order valence-corrected chi connectivity index (χ3v) is 2.20. The Balaban J connectivity index is 2.50. The smallest absolute Gasteiger partial charge is 0.346 e. The van der Waals surface area contributed by atoms with Gasteiger partial charge in [0.1, 0.15) is 10.6 Å². The highest BCUT2D eigenvalue weighted by atomic mass is 32.1. The molecule has 3 nitrogen and oxygen atoms in total. The van der Waals surface area contributed by atoms with Gasteiger partial charge >= 0.3 is 5.97 Å². The Bertz CT molecular complexity index is 335. The van der Waals surface area contributed by atoms with E-state index in [4.69, 9.17) is 16.3 Å². The van der Waals surface area contributed by atoms with Crippen molar-refractivity contribution in [3.05, 3.63) is 16.3 Å². The maximum atomic E-state index is 10.5. The number of carboxylic acid groups (broad SMARTS) is 1. The number of carboxylic acids is 1. The van der Waals surface area contributed by atoms with Crippen LogP contribution in [0.2, 0.25) is 0 Å². The second kappa shape index (κ2) is 4.53. The highest BCUT2D eigenvalue weighted by Crippen LogP contribution is 2.21. The molecule has 0 aliphatic rings. The third-order valence-electron chi connectivity index (χ3n) is 1.30. The molecule has 0 spiro atoms. The van der Waals surface area contributed by atoms with E-state index in [1.54, 1.807) is 5.38 Å². The summed E-state index contributed by atoms with van der Waals surface area (Å²) < 4.78 is 5.18. The number of rotatable bonds is 4. The van der Waals surface area contributed by atoms with Crippen molar-refractivity contribution in [3.8, 4) is 18.1 Å². The van der Waals surface area contributed by atoms with Crippen molar-refractivity contribution in [2.45, 2.75) is 6.42 Å². The van der Waals surface area contributed by atoms with Gasteiger partial charge < -0.3 is 9.84 Å². The summed E-state index contributed by atoms with van der Waals surface area (Å²) in [6.07, 6.45) is 5.55. The fraction of sp³-hybridized carbons (Fsp3) is 0.222. The van der Waals surface area contributed by atoms with E-state index in [1.807, 2.05) is 0 Å². The van der Waals surface area contributed by atoms with Crippen LogP contribution in [0.3, 0.4) is 0 Å². The predicted octanol–water partition coefficient (Wildman–Crippen LogP) is 1.85. The molecule has 1 aromatic heterocycles. The van der Waals surface area contributed by atoms with E-state index < -0.39 is 5.97 Å². The van der Waals surface area contributed by atoms with Crippen LogP contribution in [0.4, 0.5) is 0 Å². The zero-order valence-electron chi connectivity index (χ0n) is 6.82. The van der Waals surface area contributed by atoms with E-state index in [2.05, 4.69) is 5.92 Å². The highest BCUT2D eigenvalue weighted by molar-refractivity contribution is 7.12. The van der Waals surface area contributed by atoms with E-state index in [0.29, 0.717) is 18.8 Å². The minimum atomic E-state index is -0.934. The lowest BCUT2D eigenvalue weighted by molar-refractivity contribution is 0.0702. The zero-order valence-corrected chi connectivity index (χ0v) is 7.63. The number of hydrogen-bond acceptors (Lipinski definition) is 3. The molecule has 1 aromatic rings. The van der Waals surface area contributed by atoms with Crippen molar-refractivity contribution in [3.63, 3.8) is 0 Å². The molecule has 0 aliphatic carbocycles. The molecule has 0 bridgehead atoms. The Morgan fingerprint density at radius 3 is 3.08 bits per heavy atom. The first-order chi connectivity index (χ1) is 6.24. The largest absolute Gasteiger partial charge is 0.492 e. The standard InChI is InChI=1S/C9H8O3S/c1-2-3-4-12-7-5-8(9(10)11)13-6-7/h1,5-6H,3-4H2,(H,10,11). The molecular weight excluding hydrogens is 188 g/mol. The molecule has 1 rings (SSSR count). The minimum absolute atomic E-state index is 0.274. The average molecular weight is 196 g/mol. The van der Waals surface area contributed by atoms with Crippen molar-refractivity contribution < 1.29 is 14.6 Å². The average Bonchev–Trinajstić information content (AvgIpc) is 2.53. The second-order valence-electron chi connectivity index (χ2n) is 2.25. The van der Waals surface area contributed by atoms with Crippen LogP contribution in [-0.4, -0.2) is 17.7 Å². The van der Waals surface area contributed by atoms with Gasteiger partial charge in [-0.15, -0.1) is 23.7 Å². The molecule has 4 heteroatoms. The summed E-state index contributed by atoms with van der Waals surface area (Å²) in [4.78, 5) is 10.7. The molecule has 1 N–H and O–H groups in total. The summed E-state index contributed by atoms with van der Waals surface area (Å²) in [5.74, 6) is 2.06. The summed E-state index contributed by atoms with van der Waals surface area (Å²) in [6.45, 7) is 0.423. The molecule has 0 saturated heterocycles. The third kappa shape index (κ3) is 2.80. The van der Waals surface area contributed by atoms with Crippen LogP contribution >= 0.6 is 11.3 Å². The molecular formula is C9H8O3S. The van der Waals surface area contributed by atoms with Gasteiger partial charge in [-0.2, -0.15) is 0 Å². The van der Waals surface area contributed by atoms with Gasteiger partial charge in [-0.05, 0) is 0 Å². The number of aromatic carboxylic acids is 1. The summed E-state index contributed by atoms with van der Waals surface area (Å²) in [7, 11) is 0. The van der Waals surface area contributed by atoms with Gasteiger partial charge in [-0.1, -0.05) is 0 Å². The SMILES string of the molecule is C#CCCOc1csc(C(=O)O)c1. The molecule has 0 atom stereocenters. The Morgan fingerprint density at radius 2 is 2.54 bits per heavy atom. The predicted molar refractivity (Wildman–Crippen MR) is 50.2 cm³/mol. The topological polar surface area (TPSA) is 46.5 Å². The van der Waals surface area contributed by atoms with Gasteiger partial charge in [0.25, 0.3) is 0 Å². The number of thiophene rings is 1. The highest BCUT2D eigenvalue weighted by Gasteiger charge is 2.06. The molecule has 0 amide bonds. The van der Waals surface area contributed by atoms with E-state index >= 15 is 0 Å². The van der Waals surface area contributed by atoms with Crippen LogP contribution in [-0.2, 0) is 0 Å². The lowest BCUT2D eigenvalue weighted by Gasteiger charge is -1.97. The molecule has 0 aromatic carbocycles. The number of hydrogen-bond donors (Lipinski definition) is 1. The lowest BCUT2D eigenvalue weighted by Crippen LogP contribution is -1.94. The van der Waals surface area contributed by atoms with Crippen molar-refractivity contribution in [1.29, 1.82) is 0 Å². The summed E-state index contributed by atoms with van der Waals surface area (Å²) in [5.41, 5.74) is 0. The van der Waals surface area contributed by atoms with Crippen LogP contribution in [0.1, 0.15) is 16.1 Å². The van der Waals surface area contributed by atoms with Gasteiger partial charge in [0.05, 0.1) is 6.61 Å².